The Balaban J connectivity index is 1.20. The molecule has 0 N–H and O–H groups in total. The van der Waals surface area contributed by atoms with E-state index in [-0.39, 0.29) is 30.1 Å². The number of hydrogen-bond acceptors (Lipinski definition) is 6. The zero-order chi connectivity index (χ0) is 25.2. The van der Waals surface area contributed by atoms with Crippen molar-refractivity contribution in [3.8, 4) is 0 Å². The maximum Gasteiger partial charge on any atom is 0.410 e. The van der Waals surface area contributed by atoms with Crippen LogP contribution in [0.5, 0.6) is 0 Å². The third-order valence-electron chi connectivity index (χ3n) is 8.32. The molecular weight excluding hydrogens is 448 g/mol. The number of amides is 3. The van der Waals surface area contributed by atoms with Crippen LogP contribution in [0.15, 0.2) is 0 Å². The molecule has 0 aromatic carbocycles. The highest BCUT2D eigenvalue weighted by Crippen LogP contribution is 2.32. The molecule has 0 aromatic heterocycles. The predicted molar refractivity (Wildman–Crippen MR) is 132 cm³/mol. The van der Waals surface area contributed by atoms with Crippen LogP contribution in [-0.2, 0) is 14.3 Å². The van der Waals surface area contributed by atoms with Gasteiger partial charge in [-0.3, -0.25) is 4.79 Å². The van der Waals surface area contributed by atoms with Crippen LogP contribution in [0.2, 0.25) is 0 Å². The van der Waals surface area contributed by atoms with E-state index in [1.807, 2.05) is 25.7 Å². The van der Waals surface area contributed by atoms with Crippen LogP contribution >= 0.6 is 0 Å². The van der Waals surface area contributed by atoms with Gasteiger partial charge in [-0.05, 0) is 72.1 Å². The Morgan fingerprint density at radius 2 is 1.26 bits per heavy atom. The highest BCUT2D eigenvalue weighted by Gasteiger charge is 2.41. The van der Waals surface area contributed by atoms with Gasteiger partial charge in [-0.25, -0.2) is 9.59 Å². The molecule has 0 atom stereocenters. The summed E-state index contributed by atoms with van der Waals surface area (Å²) in [5.41, 5.74) is -0.457. The molecule has 0 aromatic rings. The van der Waals surface area contributed by atoms with Gasteiger partial charge in [0.1, 0.15) is 5.60 Å². The lowest BCUT2D eigenvalue weighted by Crippen LogP contribution is -2.53. The van der Waals surface area contributed by atoms with Gasteiger partial charge in [-0.1, -0.05) is 0 Å². The molecule has 0 spiro atoms. The Morgan fingerprint density at radius 3 is 1.77 bits per heavy atom. The van der Waals surface area contributed by atoms with Crippen molar-refractivity contribution in [3.05, 3.63) is 0 Å². The standard InChI is InChI=1S/C26H44N4O5/c1-26(2,3)35-25(33)28-15-9-20(10-16-28)27-13-11-22(12-14-27)30-18-17-29(24(30)32)21-7-5-19(6-8-21)23(31)34-4/h19-22H,5-18H2,1-4H3. The quantitative estimate of drug-likeness (QED) is 0.560. The van der Waals surface area contributed by atoms with Crippen molar-refractivity contribution in [1.82, 2.24) is 19.6 Å². The maximum atomic E-state index is 13.3. The van der Waals surface area contributed by atoms with Crippen molar-refractivity contribution in [2.24, 2.45) is 5.92 Å². The first kappa shape index (κ1) is 26.0. The van der Waals surface area contributed by atoms with Gasteiger partial charge in [0.25, 0.3) is 0 Å². The summed E-state index contributed by atoms with van der Waals surface area (Å²) in [7, 11) is 1.45. The molecule has 4 rings (SSSR count). The summed E-state index contributed by atoms with van der Waals surface area (Å²) in [6.45, 7) is 10.8. The molecule has 1 saturated carbocycles. The Morgan fingerprint density at radius 1 is 0.743 bits per heavy atom. The minimum Gasteiger partial charge on any atom is -0.469 e. The molecule has 1 aliphatic carbocycles. The number of hydrogen-bond donors (Lipinski definition) is 0. The van der Waals surface area contributed by atoms with E-state index >= 15 is 0 Å². The topological polar surface area (TPSA) is 82.6 Å². The highest BCUT2D eigenvalue weighted by atomic mass is 16.6. The molecule has 9 nitrogen and oxygen atoms in total. The number of ether oxygens (including phenoxy) is 2. The first-order chi connectivity index (χ1) is 16.7. The Hall–Kier alpha value is -2.03. The summed E-state index contributed by atoms with van der Waals surface area (Å²) in [5, 5.41) is 0. The van der Waals surface area contributed by atoms with Crippen molar-refractivity contribution >= 4 is 18.1 Å². The SMILES string of the molecule is COC(=O)C1CCC(N2CCN(C3CCN(C4CCN(C(=O)OC(C)(C)C)CC4)CC3)C2=O)CC1. The molecule has 9 heteroatoms. The molecule has 0 unspecified atom stereocenters. The number of piperidine rings is 2. The van der Waals surface area contributed by atoms with Crippen LogP contribution in [0.4, 0.5) is 9.59 Å². The molecule has 4 aliphatic rings. The van der Waals surface area contributed by atoms with Crippen molar-refractivity contribution in [1.29, 1.82) is 0 Å². The van der Waals surface area contributed by atoms with E-state index in [2.05, 4.69) is 14.7 Å². The summed E-state index contributed by atoms with van der Waals surface area (Å²) < 4.78 is 10.4. The molecule has 3 aliphatic heterocycles. The molecule has 198 valence electrons. The Kier molecular flexibility index (Phi) is 8.13. The third kappa shape index (κ3) is 6.22. The average molecular weight is 493 g/mol. The van der Waals surface area contributed by atoms with E-state index in [4.69, 9.17) is 9.47 Å². The van der Waals surface area contributed by atoms with Crippen molar-refractivity contribution in [2.45, 2.75) is 95.9 Å². The molecule has 0 radical (unpaired) electrons. The zero-order valence-corrected chi connectivity index (χ0v) is 22.0. The largest absolute Gasteiger partial charge is 0.469 e. The third-order valence-corrected chi connectivity index (χ3v) is 8.32. The van der Waals surface area contributed by atoms with Crippen LogP contribution in [0.3, 0.4) is 0 Å². The van der Waals surface area contributed by atoms with Crippen LogP contribution in [0.1, 0.15) is 72.1 Å². The van der Waals surface area contributed by atoms with E-state index in [0.717, 1.165) is 90.6 Å². The second kappa shape index (κ2) is 10.9. The van der Waals surface area contributed by atoms with Crippen molar-refractivity contribution < 1.29 is 23.9 Å². The van der Waals surface area contributed by atoms with Crippen LogP contribution < -0.4 is 0 Å². The summed E-state index contributed by atoms with van der Waals surface area (Å²) >= 11 is 0. The Bertz CT molecular complexity index is 760. The van der Waals surface area contributed by atoms with E-state index in [1.54, 1.807) is 0 Å². The second-order valence-corrected chi connectivity index (χ2v) is 11.7. The van der Waals surface area contributed by atoms with Gasteiger partial charge in [-0.15, -0.1) is 0 Å². The molecule has 3 saturated heterocycles. The molecule has 3 heterocycles. The van der Waals surface area contributed by atoms with Gasteiger partial charge in [0, 0.05) is 57.4 Å². The maximum absolute atomic E-state index is 13.3. The zero-order valence-electron chi connectivity index (χ0n) is 22.0. The summed E-state index contributed by atoms with van der Waals surface area (Å²) in [4.78, 5) is 46.0. The van der Waals surface area contributed by atoms with Gasteiger partial charge < -0.3 is 29.1 Å². The van der Waals surface area contributed by atoms with Crippen LogP contribution in [0, 0.1) is 5.92 Å². The number of urea groups is 1. The molecule has 3 amide bonds. The van der Waals surface area contributed by atoms with Gasteiger partial charge in [0.15, 0.2) is 0 Å². The first-order valence-electron chi connectivity index (χ1n) is 13.5. The number of esters is 1. The minimum absolute atomic E-state index is 0.00890. The number of likely N-dealkylation sites (tertiary alicyclic amines) is 2. The number of rotatable bonds is 4. The fraction of sp³-hybridized carbons (Fsp3) is 0.885. The lowest BCUT2D eigenvalue weighted by Gasteiger charge is -2.43. The smallest absolute Gasteiger partial charge is 0.410 e. The molecule has 0 bridgehead atoms. The average Bonchev–Trinajstić information content (AvgIpc) is 3.24. The minimum atomic E-state index is -0.457. The van der Waals surface area contributed by atoms with Gasteiger partial charge >= 0.3 is 18.1 Å². The lowest BCUT2D eigenvalue weighted by molar-refractivity contribution is -0.146. The highest BCUT2D eigenvalue weighted by molar-refractivity contribution is 5.77. The van der Waals surface area contributed by atoms with E-state index in [9.17, 15) is 14.4 Å². The fourth-order valence-electron chi connectivity index (χ4n) is 6.34. The molecule has 35 heavy (non-hydrogen) atoms. The number of methoxy groups -OCH3 is 1. The number of nitrogens with zero attached hydrogens (tertiary/aromatic N) is 4. The van der Waals surface area contributed by atoms with Gasteiger partial charge in [0.05, 0.1) is 13.0 Å². The van der Waals surface area contributed by atoms with Gasteiger partial charge in [0.2, 0.25) is 0 Å². The summed E-state index contributed by atoms with van der Waals surface area (Å²) in [5.74, 6) is -0.120. The monoisotopic (exact) mass is 492 g/mol. The van der Waals surface area contributed by atoms with Crippen molar-refractivity contribution in [3.63, 3.8) is 0 Å². The lowest BCUT2D eigenvalue weighted by atomic mass is 9.85. The summed E-state index contributed by atoms with van der Waals surface area (Å²) in [6.07, 6.45) is 7.19. The fourth-order valence-corrected chi connectivity index (χ4v) is 6.34. The van der Waals surface area contributed by atoms with Crippen molar-refractivity contribution in [2.75, 3.05) is 46.4 Å². The summed E-state index contributed by atoms with van der Waals surface area (Å²) in [6, 6.07) is 1.27. The molecule has 4 fully saturated rings. The van der Waals surface area contributed by atoms with E-state index in [0.29, 0.717) is 12.1 Å². The van der Waals surface area contributed by atoms with E-state index in [1.165, 1.54) is 7.11 Å². The number of carbonyl (C=O) groups excluding carboxylic acids is 3. The molecular formula is C26H44N4O5. The predicted octanol–water partition coefficient (Wildman–Crippen LogP) is 3.32. The first-order valence-corrected chi connectivity index (χ1v) is 13.5. The number of carbonyl (C=O) groups is 3. The van der Waals surface area contributed by atoms with Crippen LogP contribution in [-0.4, -0.2) is 108 Å². The Labute approximate surface area is 210 Å². The normalized spacial score (nSPS) is 27.9. The second-order valence-electron chi connectivity index (χ2n) is 11.7. The van der Waals surface area contributed by atoms with Gasteiger partial charge in [-0.2, -0.15) is 0 Å². The van der Waals surface area contributed by atoms with E-state index < -0.39 is 5.60 Å². The van der Waals surface area contributed by atoms with Crippen LogP contribution in [0.25, 0.3) is 0 Å².